The van der Waals surface area contributed by atoms with Crippen molar-refractivity contribution >= 4 is 11.8 Å². The van der Waals surface area contributed by atoms with Crippen LogP contribution in [0.2, 0.25) is 0 Å². The minimum Gasteiger partial charge on any atom is -0.383 e. The van der Waals surface area contributed by atoms with Gasteiger partial charge < -0.3 is 15.0 Å². The topological polar surface area (TPSA) is 87.3 Å². The smallest absolute Gasteiger partial charge is 0.255 e. The molecule has 2 fully saturated rings. The maximum absolute atomic E-state index is 13.2. The highest BCUT2D eigenvalue weighted by Gasteiger charge is 2.50. The fourth-order valence-electron chi connectivity index (χ4n) is 4.98. The van der Waals surface area contributed by atoms with Gasteiger partial charge in [-0.25, -0.2) is 4.39 Å². The minimum atomic E-state index is -0.333. The average Bonchev–Trinajstić information content (AvgIpc) is 3.40. The van der Waals surface area contributed by atoms with E-state index in [1.165, 1.54) is 18.3 Å². The van der Waals surface area contributed by atoms with Gasteiger partial charge in [0, 0.05) is 43.6 Å². The Morgan fingerprint density at radius 1 is 1.37 bits per heavy atom. The van der Waals surface area contributed by atoms with Crippen molar-refractivity contribution in [1.82, 2.24) is 20.4 Å². The fraction of sp³-hybridized carbons (Fsp3) is 0.500. The van der Waals surface area contributed by atoms with Crippen LogP contribution in [0.4, 0.5) is 4.39 Å². The molecule has 1 aromatic heterocycles. The molecule has 1 aliphatic heterocycles. The Hall–Kier alpha value is -2.74. The molecule has 2 aromatic rings. The van der Waals surface area contributed by atoms with E-state index >= 15 is 0 Å². The molecule has 2 amide bonds. The van der Waals surface area contributed by atoms with Gasteiger partial charge in [0.25, 0.3) is 5.91 Å². The van der Waals surface area contributed by atoms with E-state index in [9.17, 15) is 14.0 Å². The third-order valence-corrected chi connectivity index (χ3v) is 6.55. The molecule has 2 aliphatic rings. The number of H-pyrrole nitrogens is 1. The fourth-order valence-corrected chi connectivity index (χ4v) is 4.98. The molecule has 1 aliphatic carbocycles. The number of aromatic amines is 1. The summed E-state index contributed by atoms with van der Waals surface area (Å²) in [7, 11) is 1.64. The molecule has 2 atom stereocenters. The average molecular weight is 414 g/mol. The number of nitrogens with one attached hydrogen (secondary N) is 2. The summed E-state index contributed by atoms with van der Waals surface area (Å²) in [5.41, 5.74) is 1.59. The number of halogens is 1. The Kier molecular flexibility index (Phi) is 5.85. The normalized spacial score (nSPS) is 23.5. The van der Waals surface area contributed by atoms with Gasteiger partial charge in [-0.2, -0.15) is 5.10 Å². The molecule has 1 aromatic carbocycles. The van der Waals surface area contributed by atoms with Crippen LogP contribution in [0.5, 0.6) is 0 Å². The Morgan fingerprint density at radius 2 is 2.17 bits per heavy atom. The molecule has 0 spiro atoms. The summed E-state index contributed by atoms with van der Waals surface area (Å²) in [5, 5.41) is 9.94. The highest BCUT2D eigenvalue weighted by atomic mass is 19.1. The van der Waals surface area contributed by atoms with E-state index in [4.69, 9.17) is 4.74 Å². The van der Waals surface area contributed by atoms with E-state index in [1.54, 1.807) is 19.2 Å². The lowest BCUT2D eigenvalue weighted by atomic mass is 9.74. The van der Waals surface area contributed by atoms with E-state index in [0.717, 1.165) is 25.7 Å². The minimum absolute atomic E-state index is 0.100. The Morgan fingerprint density at radius 3 is 2.93 bits per heavy atom. The molecule has 2 N–H and O–H groups in total. The summed E-state index contributed by atoms with van der Waals surface area (Å²) in [6.45, 7) is 1.62. The predicted molar refractivity (Wildman–Crippen MR) is 109 cm³/mol. The molecule has 0 bridgehead atoms. The zero-order valence-electron chi connectivity index (χ0n) is 17.1. The van der Waals surface area contributed by atoms with Crippen molar-refractivity contribution in [3.05, 3.63) is 41.8 Å². The number of likely N-dealkylation sites (tertiary alicyclic amines) is 1. The van der Waals surface area contributed by atoms with E-state index in [-0.39, 0.29) is 29.1 Å². The number of benzene rings is 1. The van der Waals surface area contributed by atoms with Crippen molar-refractivity contribution in [2.45, 2.75) is 38.1 Å². The Bertz CT molecular complexity index is 913. The Balaban J connectivity index is 1.48. The molecule has 7 nitrogen and oxygen atoms in total. The maximum atomic E-state index is 13.2. The zero-order valence-corrected chi connectivity index (χ0v) is 17.1. The second-order valence-electron chi connectivity index (χ2n) is 8.20. The number of piperidine rings is 1. The van der Waals surface area contributed by atoms with Crippen molar-refractivity contribution in [3.8, 4) is 11.3 Å². The molecule has 0 unspecified atom stereocenters. The van der Waals surface area contributed by atoms with Crippen molar-refractivity contribution in [2.24, 2.45) is 5.41 Å². The monoisotopic (exact) mass is 414 g/mol. The van der Waals surface area contributed by atoms with Gasteiger partial charge in [-0.3, -0.25) is 14.7 Å². The largest absolute Gasteiger partial charge is 0.383 e. The highest BCUT2D eigenvalue weighted by molar-refractivity contribution is 5.99. The standard InChI is InChI=1S/C22H27FN4O3/c1-30-12-11-27-18-3-2-9-22(18,10-8-19(27)28)14-24-21(29)17-13-25-26-20(17)15-4-6-16(23)7-5-15/h4-7,13,18H,2-3,8-12,14H2,1H3,(H,24,29)(H,25,26)/t18-,22+/m1/s1. The van der Waals surface area contributed by atoms with Crippen LogP contribution in [0.15, 0.2) is 30.5 Å². The molecular weight excluding hydrogens is 387 g/mol. The molecule has 0 radical (unpaired) electrons. The maximum Gasteiger partial charge on any atom is 0.255 e. The first-order valence-corrected chi connectivity index (χ1v) is 10.4. The van der Waals surface area contributed by atoms with Gasteiger partial charge in [-0.15, -0.1) is 0 Å². The first-order chi connectivity index (χ1) is 14.5. The van der Waals surface area contributed by atoms with E-state index in [1.807, 2.05) is 4.90 Å². The Labute approximate surface area is 175 Å². The predicted octanol–water partition coefficient (Wildman–Crippen LogP) is 2.75. The lowest BCUT2D eigenvalue weighted by Crippen LogP contribution is -2.56. The van der Waals surface area contributed by atoms with E-state index in [0.29, 0.717) is 42.9 Å². The van der Waals surface area contributed by atoms with E-state index in [2.05, 4.69) is 15.5 Å². The quantitative estimate of drug-likeness (QED) is 0.729. The molecule has 2 heterocycles. The first kappa shape index (κ1) is 20.5. The summed E-state index contributed by atoms with van der Waals surface area (Å²) >= 11 is 0. The number of fused-ring (bicyclic) bond motifs is 1. The lowest BCUT2D eigenvalue weighted by Gasteiger charge is -2.46. The van der Waals surface area contributed by atoms with Crippen molar-refractivity contribution < 1.29 is 18.7 Å². The molecule has 4 rings (SSSR count). The SMILES string of the molecule is COCCN1C(=O)CC[C@]2(CNC(=O)c3cn[nH]c3-c3ccc(F)cc3)CCC[C@@H]12. The van der Waals surface area contributed by atoms with Gasteiger partial charge in [0.15, 0.2) is 0 Å². The van der Waals surface area contributed by atoms with Crippen LogP contribution >= 0.6 is 0 Å². The van der Waals surface area contributed by atoms with Crippen LogP contribution in [-0.2, 0) is 9.53 Å². The van der Waals surface area contributed by atoms with E-state index < -0.39 is 0 Å². The molecule has 8 heteroatoms. The second kappa shape index (κ2) is 8.55. The zero-order chi connectivity index (χ0) is 21.1. The third kappa shape index (κ3) is 3.84. The van der Waals surface area contributed by atoms with Crippen molar-refractivity contribution in [1.29, 1.82) is 0 Å². The molecular formula is C22H27FN4O3. The van der Waals surface area contributed by atoms with Crippen molar-refractivity contribution in [2.75, 3.05) is 26.8 Å². The first-order valence-electron chi connectivity index (χ1n) is 10.4. The number of amides is 2. The van der Waals surface area contributed by atoms with Crippen LogP contribution in [-0.4, -0.2) is 59.8 Å². The van der Waals surface area contributed by atoms with Crippen LogP contribution in [0.3, 0.4) is 0 Å². The van der Waals surface area contributed by atoms with Gasteiger partial charge in [0.05, 0.1) is 24.1 Å². The number of carbonyl (C=O) groups is 2. The summed E-state index contributed by atoms with van der Waals surface area (Å²) in [6, 6.07) is 6.08. The number of hydrogen-bond donors (Lipinski definition) is 2. The van der Waals surface area contributed by atoms with Gasteiger partial charge in [0.2, 0.25) is 5.91 Å². The van der Waals surface area contributed by atoms with Gasteiger partial charge >= 0.3 is 0 Å². The summed E-state index contributed by atoms with van der Waals surface area (Å²) in [4.78, 5) is 27.4. The lowest BCUT2D eigenvalue weighted by molar-refractivity contribution is -0.142. The summed E-state index contributed by atoms with van der Waals surface area (Å²) in [6.07, 6.45) is 5.78. The summed E-state index contributed by atoms with van der Waals surface area (Å²) < 4.78 is 18.4. The number of rotatable bonds is 7. The summed E-state index contributed by atoms with van der Waals surface area (Å²) in [5.74, 6) is -0.377. The van der Waals surface area contributed by atoms with Gasteiger partial charge in [-0.05, 0) is 43.5 Å². The number of nitrogens with zero attached hydrogens (tertiary/aromatic N) is 2. The van der Waals surface area contributed by atoms with Gasteiger partial charge in [-0.1, -0.05) is 6.42 Å². The second-order valence-corrected chi connectivity index (χ2v) is 8.20. The highest BCUT2D eigenvalue weighted by Crippen LogP contribution is 2.47. The molecule has 1 saturated heterocycles. The molecule has 1 saturated carbocycles. The number of hydrogen-bond acceptors (Lipinski definition) is 4. The number of ether oxygens (including phenoxy) is 1. The number of carbonyl (C=O) groups excluding carboxylic acids is 2. The third-order valence-electron chi connectivity index (χ3n) is 6.55. The van der Waals surface area contributed by atoms with Gasteiger partial charge in [0.1, 0.15) is 5.82 Å². The van der Waals surface area contributed by atoms with Crippen LogP contribution in [0.25, 0.3) is 11.3 Å². The number of aromatic nitrogens is 2. The van der Waals surface area contributed by atoms with Crippen LogP contribution in [0, 0.1) is 11.2 Å². The van der Waals surface area contributed by atoms with Crippen LogP contribution < -0.4 is 5.32 Å². The number of methoxy groups -OCH3 is 1. The van der Waals surface area contributed by atoms with Crippen LogP contribution in [0.1, 0.15) is 42.5 Å². The van der Waals surface area contributed by atoms with Crippen molar-refractivity contribution in [3.63, 3.8) is 0 Å². The molecule has 160 valence electrons. The molecule has 30 heavy (non-hydrogen) atoms.